The summed E-state index contributed by atoms with van der Waals surface area (Å²) in [5.74, 6) is 0. The van der Waals surface area contributed by atoms with Crippen LogP contribution >= 0.6 is 15.6 Å². The van der Waals surface area contributed by atoms with E-state index in [1.165, 1.54) is 0 Å². The van der Waals surface area contributed by atoms with Crippen LogP contribution in [0.5, 0.6) is 0 Å². The first kappa shape index (κ1) is 13.1. The van der Waals surface area contributed by atoms with Gasteiger partial charge in [0.1, 0.15) is 0 Å². The fourth-order valence-electron chi connectivity index (χ4n) is 1.63. The van der Waals surface area contributed by atoms with Crippen molar-refractivity contribution in [2.75, 3.05) is 12.3 Å². The lowest BCUT2D eigenvalue weighted by molar-refractivity contribution is 0.588. The Hall–Kier alpha value is -1.36. The molecule has 0 amide bonds. The highest BCUT2D eigenvalue weighted by Crippen LogP contribution is 2.27. The largest absolute Gasteiger partial charge is 0.381 e. The predicted molar refractivity (Wildman–Crippen MR) is 77.1 cm³/mol. The molecule has 0 bridgehead atoms. The standard InChI is InChI=1S/C14H14O2P2/c15-17(13-7-3-1-4-8-13)11-12-18(16)14-9-5-2-6-10-14/h1-10H,11-12H2/q+2. The van der Waals surface area contributed by atoms with E-state index < -0.39 is 15.6 Å². The van der Waals surface area contributed by atoms with Crippen LogP contribution < -0.4 is 10.6 Å². The van der Waals surface area contributed by atoms with E-state index in [1.54, 1.807) is 0 Å². The van der Waals surface area contributed by atoms with Crippen molar-refractivity contribution in [2.45, 2.75) is 0 Å². The summed E-state index contributed by atoms with van der Waals surface area (Å²) in [4.78, 5) is 0. The summed E-state index contributed by atoms with van der Waals surface area (Å²) in [5, 5.41) is 1.67. The molecule has 0 saturated heterocycles. The molecule has 2 aromatic rings. The molecule has 2 nitrogen and oxygen atoms in total. The third kappa shape index (κ3) is 3.57. The van der Waals surface area contributed by atoms with Gasteiger partial charge in [0.2, 0.25) is 0 Å². The van der Waals surface area contributed by atoms with Crippen LogP contribution in [0.4, 0.5) is 0 Å². The zero-order valence-electron chi connectivity index (χ0n) is 9.90. The zero-order chi connectivity index (χ0) is 12.8. The lowest BCUT2D eigenvalue weighted by atomic mass is 10.4. The van der Waals surface area contributed by atoms with Crippen LogP contribution in [0.15, 0.2) is 60.7 Å². The average molecular weight is 276 g/mol. The van der Waals surface area contributed by atoms with Crippen molar-refractivity contribution in [1.29, 1.82) is 0 Å². The van der Waals surface area contributed by atoms with Gasteiger partial charge in [-0.15, -0.1) is 0 Å². The molecule has 0 aliphatic heterocycles. The monoisotopic (exact) mass is 276 g/mol. The van der Waals surface area contributed by atoms with Crippen molar-refractivity contribution in [3.63, 3.8) is 0 Å². The molecule has 18 heavy (non-hydrogen) atoms. The molecule has 2 atom stereocenters. The second-order valence-corrected chi connectivity index (χ2v) is 7.32. The summed E-state index contributed by atoms with van der Waals surface area (Å²) in [6.07, 6.45) is 0.951. The molecule has 0 aliphatic rings. The SMILES string of the molecule is O=[P+](CC[P+](=O)c1ccccc1)c1ccccc1. The van der Waals surface area contributed by atoms with E-state index in [1.807, 2.05) is 60.7 Å². The van der Waals surface area contributed by atoms with Crippen LogP contribution in [-0.4, -0.2) is 12.3 Å². The smallest absolute Gasteiger partial charge is 0.0679 e. The number of hydrogen-bond donors (Lipinski definition) is 0. The molecule has 0 spiro atoms. The van der Waals surface area contributed by atoms with Crippen LogP contribution in [0.25, 0.3) is 0 Å². The highest BCUT2D eigenvalue weighted by molar-refractivity contribution is 7.57. The Balaban J connectivity index is 1.93. The van der Waals surface area contributed by atoms with Gasteiger partial charge in [0.05, 0.1) is 0 Å². The van der Waals surface area contributed by atoms with Crippen molar-refractivity contribution in [2.24, 2.45) is 0 Å². The van der Waals surface area contributed by atoms with Gasteiger partial charge < -0.3 is 0 Å². The van der Waals surface area contributed by atoms with Crippen molar-refractivity contribution >= 4 is 26.2 Å². The Morgan fingerprint density at radius 2 is 0.944 bits per heavy atom. The fourth-order valence-corrected chi connectivity index (χ4v) is 4.61. The topological polar surface area (TPSA) is 34.1 Å². The first-order valence-corrected chi connectivity index (χ1v) is 8.66. The molecule has 2 aromatic carbocycles. The first-order valence-electron chi connectivity index (χ1n) is 5.77. The molecule has 2 rings (SSSR count). The zero-order valence-corrected chi connectivity index (χ0v) is 11.7. The van der Waals surface area contributed by atoms with Gasteiger partial charge in [0.15, 0.2) is 22.9 Å². The fraction of sp³-hybridized carbons (Fsp3) is 0.143. The number of hydrogen-bond acceptors (Lipinski definition) is 2. The Labute approximate surface area is 109 Å². The van der Waals surface area contributed by atoms with E-state index in [4.69, 9.17) is 0 Å². The van der Waals surface area contributed by atoms with Gasteiger partial charge in [0.25, 0.3) is 0 Å². The Kier molecular flexibility index (Phi) is 4.75. The Bertz CT molecular complexity index is 487. The first-order chi connectivity index (χ1) is 8.77. The van der Waals surface area contributed by atoms with Crippen molar-refractivity contribution in [1.82, 2.24) is 0 Å². The normalized spacial score (nSPS) is 12.0. The maximum absolute atomic E-state index is 12.0. The maximum Gasteiger partial charge on any atom is 0.381 e. The van der Waals surface area contributed by atoms with Gasteiger partial charge in [-0.3, -0.25) is 0 Å². The highest BCUT2D eigenvalue weighted by Gasteiger charge is 2.27. The van der Waals surface area contributed by atoms with E-state index >= 15 is 0 Å². The minimum Gasteiger partial charge on any atom is -0.0679 e. The van der Waals surface area contributed by atoms with Crippen LogP contribution in [0.2, 0.25) is 0 Å². The lowest BCUT2D eigenvalue weighted by Gasteiger charge is -1.86. The third-order valence-electron chi connectivity index (χ3n) is 2.59. The molecule has 0 aromatic heterocycles. The van der Waals surface area contributed by atoms with Gasteiger partial charge in [-0.05, 0) is 24.3 Å². The second-order valence-electron chi connectivity index (χ2n) is 3.88. The third-order valence-corrected chi connectivity index (χ3v) is 5.96. The van der Waals surface area contributed by atoms with Gasteiger partial charge in [-0.2, -0.15) is 0 Å². The van der Waals surface area contributed by atoms with Crippen LogP contribution in [-0.2, 0) is 9.13 Å². The van der Waals surface area contributed by atoms with Crippen LogP contribution in [0.1, 0.15) is 0 Å². The Morgan fingerprint density at radius 1 is 0.611 bits per heavy atom. The van der Waals surface area contributed by atoms with Crippen LogP contribution in [0.3, 0.4) is 0 Å². The molecule has 2 unspecified atom stereocenters. The summed E-state index contributed by atoms with van der Waals surface area (Å²) >= 11 is 0. The summed E-state index contributed by atoms with van der Waals surface area (Å²) in [6.45, 7) is 0. The Morgan fingerprint density at radius 3 is 1.28 bits per heavy atom. The second kappa shape index (κ2) is 6.54. The lowest BCUT2D eigenvalue weighted by Crippen LogP contribution is -2.02. The van der Waals surface area contributed by atoms with E-state index in [9.17, 15) is 9.13 Å². The molecule has 90 valence electrons. The minimum absolute atomic E-state index is 0.476. The van der Waals surface area contributed by atoms with Crippen molar-refractivity contribution < 1.29 is 9.13 Å². The molecular weight excluding hydrogens is 262 g/mol. The number of benzene rings is 2. The molecule has 0 fully saturated rings. The average Bonchev–Trinajstić information content (AvgIpc) is 2.46. The van der Waals surface area contributed by atoms with E-state index in [2.05, 4.69) is 0 Å². The molecule has 0 aliphatic carbocycles. The molecular formula is C14H14O2P2+2. The summed E-state index contributed by atoms with van der Waals surface area (Å²) in [7, 11) is -2.86. The van der Waals surface area contributed by atoms with Gasteiger partial charge in [0, 0.05) is 0 Å². The maximum atomic E-state index is 12.0. The quantitative estimate of drug-likeness (QED) is 0.785. The molecule has 4 heteroatoms. The van der Waals surface area contributed by atoms with Gasteiger partial charge in [-0.1, -0.05) is 45.5 Å². The van der Waals surface area contributed by atoms with Crippen molar-refractivity contribution in [3.05, 3.63) is 60.7 Å². The molecule has 0 radical (unpaired) electrons. The van der Waals surface area contributed by atoms with E-state index in [0.717, 1.165) is 10.6 Å². The van der Waals surface area contributed by atoms with Gasteiger partial charge >= 0.3 is 15.6 Å². The molecule has 0 heterocycles. The molecule has 0 N–H and O–H groups in total. The predicted octanol–water partition coefficient (Wildman–Crippen LogP) is 3.29. The number of rotatable bonds is 5. The van der Waals surface area contributed by atoms with Crippen LogP contribution in [0, 0.1) is 0 Å². The van der Waals surface area contributed by atoms with E-state index in [0.29, 0.717) is 12.3 Å². The van der Waals surface area contributed by atoms with Crippen molar-refractivity contribution in [3.8, 4) is 0 Å². The minimum atomic E-state index is -1.43. The summed E-state index contributed by atoms with van der Waals surface area (Å²) in [5.41, 5.74) is 0. The summed E-state index contributed by atoms with van der Waals surface area (Å²) < 4.78 is 24.0. The van der Waals surface area contributed by atoms with E-state index in [-0.39, 0.29) is 0 Å². The summed E-state index contributed by atoms with van der Waals surface area (Å²) in [6, 6.07) is 18.7. The molecule has 0 saturated carbocycles. The highest BCUT2D eigenvalue weighted by atomic mass is 31.1. The van der Waals surface area contributed by atoms with Gasteiger partial charge in [-0.25, -0.2) is 0 Å².